The Morgan fingerprint density at radius 2 is 1.74 bits per heavy atom. The second kappa shape index (κ2) is 10.0. The van der Waals surface area contributed by atoms with Gasteiger partial charge in [-0.05, 0) is 26.3 Å². The summed E-state index contributed by atoms with van der Waals surface area (Å²) in [5.41, 5.74) is 1.64. The van der Waals surface area contributed by atoms with Crippen LogP contribution in [0, 0.1) is 0 Å². The molecule has 3 rings (SSSR count). The van der Waals surface area contributed by atoms with E-state index < -0.39 is 11.9 Å². The van der Waals surface area contributed by atoms with Crippen molar-refractivity contribution in [2.75, 3.05) is 5.32 Å². The van der Waals surface area contributed by atoms with Gasteiger partial charge < -0.3 is 14.6 Å². The third kappa shape index (κ3) is 6.51. The second-order valence-corrected chi connectivity index (χ2v) is 7.90. The van der Waals surface area contributed by atoms with Crippen molar-refractivity contribution in [3.05, 3.63) is 64.7 Å². The Morgan fingerprint density at radius 1 is 1.06 bits per heavy atom. The average Bonchev–Trinajstić information content (AvgIpc) is 3.13. The van der Waals surface area contributed by atoms with Gasteiger partial charge in [0.25, 0.3) is 5.91 Å². The monoisotopic (exact) mass is 441 g/mol. The van der Waals surface area contributed by atoms with Gasteiger partial charge >= 0.3 is 5.97 Å². The summed E-state index contributed by atoms with van der Waals surface area (Å²) in [5.74, 6) is -0.888. The van der Waals surface area contributed by atoms with Crippen molar-refractivity contribution in [1.29, 1.82) is 0 Å². The van der Waals surface area contributed by atoms with E-state index >= 15 is 0 Å². The summed E-state index contributed by atoms with van der Waals surface area (Å²) >= 11 is 1.16. The molecule has 1 aromatic carbocycles. The molecule has 31 heavy (non-hydrogen) atoms. The van der Waals surface area contributed by atoms with Gasteiger partial charge in [-0.1, -0.05) is 30.3 Å². The number of hydrogen-bond acceptors (Lipinski definition) is 7. The van der Waals surface area contributed by atoms with Gasteiger partial charge in [0.2, 0.25) is 11.8 Å². The largest absolute Gasteiger partial charge is 0.481 e. The molecule has 1 atom stereocenters. The summed E-state index contributed by atoms with van der Waals surface area (Å²) in [7, 11) is 0. The van der Waals surface area contributed by atoms with Crippen molar-refractivity contribution in [2.45, 2.75) is 39.4 Å². The Balaban J connectivity index is 1.81. The number of benzene rings is 1. The SMILES string of the molecule is CC(C)Oc1cc(C(=O)Nc2nc(CC(=O)O)cs2)cc(O[C@H](C)c2ccccc2)n1. The molecule has 8 nitrogen and oxygen atoms in total. The molecule has 0 unspecified atom stereocenters. The zero-order chi connectivity index (χ0) is 22.4. The van der Waals surface area contributed by atoms with Crippen LogP contribution in [0.4, 0.5) is 5.13 Å². The maximum Gasteiger partial charge on any atom is 0.309 e. The number of anilines is 1. The summed E-state index contributed by atoms with van der Waals surface area (Å²) in [4.78, 5) is 32.1. The van der Waals surface area contributed by atoms with Crippen LogP contribution in [-0.2, 0) is 11.2 Å². The standard InChI is InChI=1S/C22H23N3O5S/c1-13(2)29-18-9-16(21(28)25-22-23-17(12-31-22)11-20(26)27)10-19(24-18)30-14(3)15-7-5-4-6-8-15/h4-10,12-14H,11H2,1-3H3,(H,26,27)(H,23,25,28)/t14-/m1/s1. The first-order chi connectivity index (χ1) is 14.8. The predicted molar refractivity (Wildman–Crippen MR) is 117 cm³/mol. The van der Waals surface area contributed by atoms with Gasteiger partial charge in [-0.15, -0.1) is 11.3 Å². The molecule has 0 fully saturated rings. The van der Waals surface area contributed by atoms with Gasteiger partial charge in [-0.25, -0.2) is 4.98 Å². The van der Waals surface area contributed by atoms with E-state index in [-0.39, 0.29) is 36.0 Å². The van der Waals surface area contributed by atoms with Crippen LogP contribution in [0.1, 0.15) is 48.5 Å². The molecule has 162 valence electrons. The number of thiazole rings is 1. The number of aromatic nitrogens is 2. The lowest BCUT2D eigenvalue weighted by Crippen LogP contribution is -2.15. The Kier molecular flexibility index (Phi) is 7.19. The first-order valence-corrected chi connectivity index (χ1v) is 10.6. The number of carbonyl (C=O) groups excluding carboxylic acids is 1. The summed E-state index contributed by atoms with van der Waals surface area (Å²) in [6.07, 6.45) is -0.622. The van der Waals surface area contributed by atoms with Crippen LogP contribution < -0.4 is 14.8 Å². The average molecular weight is 442 g/mol. The zero-order valence-corrected chi connectivity index (χ0v) is 18.2. The zero-order valence-electron chi connectivity index (χ0n) is 17.4. The van der Waals surface area contributed by atoms with Crippen molar-refractivity contribution in [3.8, 4) is 11.8 Å². The van der Waals surface area contributed by atoms with E-state index in [9.17, 15) is 9.59 Å². The molecule has 9 heteroatoms. The molecule has 0 saturated carbocycles. The smallest absolute Gasteiger partial charge is 0.309 e. The fourth-order valence-electron chi connectivity index (χ4n) is 2.72. The molecule has 0 saturated heterocycles. The fraction of sp³-hybridized carbons (Fsp3) is 0.273. The maximum atomic E-state index is 12.8. The van der Waals surface area contributed by atoms with Crippen LogP contribution >= 0.6 is 11.3 Å². The number of hydrogen-bond donors (Lipinski definition) is 2. The van der Waals surface area contributed by atoms with Crippen LogP contribution in [0.2, 0.25) is 0 Å². The lowest BCUT2D eigenvalue weighted by Gasteiger charge is -2.17. The third-order valence-electron chi connectivity index (χ3n) is 4.07. The summed E-state index contributed by atoms with van der Waals surface area (Å²) < 4.78 is 11.6. The lowest BCUT2D eigenvalue weighted by molar-refractivity contribution is -0.136. The molecule has 2 aromatic heterocycles. The lowest BCUT2D eigenvalue weighted by atomic mass is 10.1. The Hall–Kier alpha value is -3.46. The topological polar surface area (TPSA) is 111 Å². The maximum absolute atomic E-state index is 12.8. The van der Waals surface area contributed by atoms with E-state index in [4.69, 9.17) is 14.6 Å². The van der Waals surface area contributed by atoms with Gasteiger partial charge in [-0.2, -0.15) is 4.98 Å². The highest BCUT2D eigenvalue weighted by atomic mass is 32.1. The van der Waals surface area contributed by atoms with Crippen LogP contribution in [0.5, 0.6) is 11.8 Å². The van der Waals surface area contributed by atoms with Crippen molar-refractivity contribution in [3.63, 3.8) is 0 Å². The molecular weight excluding hydrogens is 418 g/mol. The number of aliphatic carboxylic acids is 1. The van der Waals surface area contributed by atoms with Gasteiger partial charge in [0, 0.05) is 17.5 Å². The fourth-order valence-corrected chi connectivity index (χ4v) is 3.42. The van der Waals surface area contributed by atoms with Crippen molar-refractivity contribution < 1.29 is 24.2 Å². The van der Waals surface area contributed by atoms with E-state index in [0.717, 1.165) is 16.9 Å². The van der Waals surface area contributed by atoms with Crippen molar-refractivity contribution in [2.24, 2.45) is 0 Å². The number of rotatable bonds is 9. The number of nitrogens with zero attached hydrogens (tertiary/aromatic N) is 2. The van der Waals surface area contributed by atoms with E-state index in [1.807, 2.05) is 51.1 Å². The van der Waals surface area contributed by atoms with Gasteiger partial charge in [0.15, 0.2) is 5.13 Å². The Bertz CT molecular complexity index is 1050. The highest BCUT2D eigenvalue weighted by molar-refractivity contribution is 7.14. The van der Waals surface area contributed by atoms with Crippen LogP contribution in [0.15, 0.2) is 47.8 Å². The molecular formula is C22H23N3O5S. The van der Waals surface area contributed by atoms with E-state index in [2.05, 4.69) is 15.3 Å². The minimum Gasteiger partial charge on any atom is -0.481 e. The molecule has 0 radical (unpaired) electrons. The van der Waals surface area contributed by atoms with Gasteiger partial charge in [-0.3, -0.25) is 14.9 Å². The van der Waals surface area contributed by atoms with E-state index in [0.29, 0.717) is 10.8 Å². The quantitative estimate of drug-likeness (QED) is 0.508. The first-order valence-electron chi connectivity index (χ1n) is 9.68. The highest BCUT2D eigenvalue weighted by Crippen LogP contribution is 2.25. The number of amides is 1. The number of pyridine rings is 1. The number of nitrogens with one attached hydrogen (secondary N) is 1. The highest BCUT2D eigenvalue weighted by Gasteiger charge is 2.17. The Labute approximate surface area is 183 Å². The summed E-state index contributed by atoms with van der Waals surface area (Å²) in [5, 5.41) is 13.5. The second-order valence-electron chi connectivity index (χ2n) is 7.04. The molecule has 0 bridgehead atoms. The number of carboxylic acids is 1. The molecule has 0 aliphatic rings. The molecule has 0 aliphatic heterocycles. The van der Waals surface area contributed by atoms with Crippen LogP contribution in [0.25, 0.3) is 0 Å². The van der Waals surface area contributed by atoms with Gasteiger partial charge in [0.1, 0.15) is 6.10 Å². The molecule has 0 aliphatic carbocycles. The Morgan fingerprint density at radius 3 is 2.39 bits per heavy atom. The molecule has 3 aromatic rings. The molecule has 2 heterocycles. The third-order valence-corrected chi connectivity index (χ3v) is 4.87. The van der Waals surface area contributed by atoms with Crippen LogP contribution in [-0.4, -0.2) is 33.1 Å². The van der Waals surface area contributed by atoms with Gasteiger partial charge in [0.05, 0.1) is 23.8 Å². The van der Waals surface area contributed by atoms with E-state index in [1.54, 1.807) is 5.38 Å². The molecule has 1 amide bonds. The summed E-state index contributed by atoms with van der Waals surface area (Å²) in [6, 6.07) is 12.7. The molecule has 2 N–H and O–H groups in total. The molecule has 0 spiro atoms. The predicted octanol–water partition coefficient (Wildman–Crippen LogP) is 4.34. The number of carbonyl (C=O) groups is 2. The van der Waals surface area contributed by atoms with E-state index in [1.165, 1.54) is 12.1 Å². The summed E-state index contributed by atoms with van der Waals surface area (Å²) in [6.45, 7) is 5.62. The van der Waals surface area contributed by atoms with Crippen molar-refractivity contribution >= 4 is 28.3 Å². The van der Waals surface area contributed by atoms with Crippen LogP contribution in [0.3, 0.4) is 0 Å². The normalized spacial score (nSPS) is 11.7. The number of carboxylic acid groups (broad SMARTS) is 1. The number of ether oxygens (including phenoxy) is 2. The minimum absolute atomic E-state index is 0.136. The minimum atomic E-state index is -0.984. The van der Waals surface area contributed by atoms with Crippen molar-refractivity contribution in [1.82, 2.24) is 9.97 Å². The first kappa shape index (κ1) is 22.2.